The molecule has 0 radical (unpaired) electrons. The summed E-state index contributed by atoms with van der Waals surface area (Å²) in [6.45, 7) is 12.2. The van der Waals surface area contributed by atoms with Crippen molar-refractivity contribution in [1.82, 2.24) is 15.1 Å². The molecule has 0 saturated carbocycles. The molecule has 0 spiro atoms. The Labute approximate surface area is 171 Å². The fourth-order valence-corrected chi connectivity index (χ4v) is 3.44. The van der Waals surface area contributed by atoms with Crippen molar-refractivity contribution in [3.8, 4) is 0 Å². The van der Waals surface area contributed by atoms with Gasteiger partial charge >= 0.3 is 12.0 Å². The number of hydrogen-bond donors (Lipinski definition) is 1. The van der Waals surface area contributed by atoms with E-state index >= 15 is 0 Å². The normalized spacial score (nSPS) is 17.0. The third-order valence-corrected chi connectivity index (χ3v) is 4.93. The van der Waals surface area contributed by atoms with Crippen molar-refractivity contribution in [2.45, 2.75) is 26.8 Å². The van der Waals surface area contributed by atoms with Crippen LogP contribution in [0.15, 0.2) is 48.2 Å². The van der Waals surface area contributed by atoms with Crippen molar-refractivity contribution >= 4 is 23.6 Å². The van der Waals surface area contributed by atoms with Crippen LogP contribution in [0.5, 0.6) is 0 Å². The molecule has 1 aliphatic rings. The van der Waals surface area contributed by atoms with E-state index in [1.54, 1.807) is 36.1 Å². The fourth-order valence-electron chi connectivity index (χ4n) is 3.24. The third-order valence-electron chi connectivity index (χ3n) is 4.70. The number of ether oxygens (including phenoxy) is 1. The van der Waals surface area contributed by atoms with Gasteiger partial charge in [-0.25, -0.2) is 9.59 Å². The number of halogens is 1. The maximum Gasteiger partial charge on any atom is 0.338 e. The second-order valence-electron chi connectivity index (χ2n) is 6.38. The van der Waals surface area contributed by atoms with Gasteiger partial charge in [-0.2, -0.15) is 0 Å². The lowest BCUT2D eigenvalue weighted by atomic mass is 9.94. The molecule has 1 atom stereocenters. The molecule has 2 amide bonds. The van der Waals surface area contributed by atoms with Crippen LogP contribution in [0.2, 0.25) is 5.02 Å². The highest BCUT2D eigenvalue weighted by atomic mass is 35.5. The smallest absolute Gasteiger partial charge is 0.338 e. The van der Waals surface area contributed by atoms with Crippen LogP contribution >= 0.6 is 11.6 Å². The van der Waals surface area contributed by atoms with Crippen molar-refractivity contribution in [2.75, 3.05) is 32.8 Å². The summed E-state index contributed by atoms with van der Waals surface area (Å²) in [5.41, 5.74) is 1.80. The topological polar surface area (TPSA) is 61.9 Å². The average molecular weight is 406 g/mol. The number of esters is 1. The Morgan fingerprint density at radius 1 is 1.36 bits per heavy atom. The number of amides is 2. The molecule has 1 N–H and O–H groups in total. The molecule has 7 heteroatoms. The number of nitrogens with one attached hydrogen (secondary N) is 1. The van der Waals surface area contributed by atoms with Crippen LogP contribution < -0.4 is 5.32 Å². The molecule has 0 fully saturated rings. The van der Waals surface area contributed by atoms with Crippen LogP contribution in [-0.2, 0) is 9.53 Å². The summed E-state index contributed by atoms with van der Waals surface area (Å²) in [6.07, 6.45) is 1.64. The van der Waals surface area contributed by atoms with Crippen LogP contribution in [-0.4, -0.2) is 54.6 Å². The Balaban J connectivity index is 2.66. The van der Waals surface area contributed by atoms with Crippen molar-refractivity contribution in [3.63, 3.8) is 0 Å². The zero-order valence-corrected chi connectivity index (χ0v) is 17.5. The minimum Gasteiger partial charge on any atom is -0.463 e. The summed E-state index contributed by atoms with van der Waals surface area (Å²) in [6, 6.07) is 6.24. The molecule has 2 rings (SSSR count). The Kier molecular flexibility index (Phi) is 8.08. The van der Waals surface area contributed by atoms with Gasteiger partial charge in [0.2, 0.25) is 0 Å². The Bertz CT molecular complexity index is 759. The van der Waals surface area contributed by atoms with Gasteiger partial charge < -0.3 is 10.1 Å². The number of carbonyl (C=O) groups is 2. The van der Waals surface area contributed by atoms with Gasteiger partial charge in [0.1, 0.15) is 0 Å². The zero-order chi connectivity index (χ0) is 20.7. The predicted molar refractivity (Wildman–Crippen MR) is 111 cm³/mol. The highest BCUT2D eigenvalue weighted by Gasteiger charge is 2.38. The molecule has 0 aromatic heterocycles. The van der Waals surface area contributed by atoms with Gasteiger partial charge in [0.15, 0.2) is 0 Å². The molecule has 6 nitrogen and oxygen atoms in total. The number of rotatable bonds is 9. The first-order valence-electron chi connectivity index (χ1n) is 9.53. The van der Waals surface area contributed by atoms with Crippen LogP contribution in [0.25, 0.3) is 0 Å². The summed E-state index contributed by atoms with van der Waals surface area (Å²) in [5.74, 6) is -0.441. The quantitative estimate of drug-likeness (QED) is 0.502. The second-order valence-corrected chi connectivity index (χ2v) is 6.82. The summed E-state index contributed by atoms with van der Waals surface area (Å²) in [7, 11) is 0. The maximum absolute atomic E-state index is 13.0. The highest BCUT2D eigenvalue weighted by Crippen LogP contribution is 2.33. The van der Waals surface area contributed by atoms with Crippen molar-refractivity contribution in [1.29, 1.82) is 0 Å². The molecule has 1 aromatic rings. The Hall–Kier alpha value is -2.31. The average Bonchev–Trinajstić information content (AvgIpc) is 2.68. The number of carbonyl (C=O) groups excluding carboxylic acids is 2. The molecule has 1 unspecified atom stereocenters. The lowest BCUT2D eigenvalue weighted by Crippen LogP contribution is -2.51. The monoisotopic (exact) mass is 405 g/mol. The Morgan fingerprint density at radius 2 is 2.07 bits per heavy atom. The highest BCUT2D eigenvalue weighted by molar-refractivity contribution is 6.30. The van der Waals surface area contributed by atoms with E-state index in [0.29, 0.717) is 29.4 Å². The van der Waals surface area contributed by atoms with Gasteiger partial charge in [-0.15, -0.1) is 6.58 Å². The SMILES string of the molecule is C=CCN1C(=O)NC(c2cccc(Cl)c2)C(C(=O)OCC)=C1CN(CC)CC. The summed E-state index contributed by atoms with van der Waals surface area (Å²) in [4.78, 5) is 29.5. The molecule has 1 aromatic carbocycles. The molecule has 1 aliphatic heterocycles. The van der Waals surface area contributed by atoms with Gasteiger partial charge in [-0.3, -0.25) is 9.80 Å². The molecule has 0 aliphatic carbocycles. The van der Waals surface area contributed by atoms with Gasteiger partial charge in [0, 0.05) is 23.8 Å². The number of benzene rings is 1. The first kappa shape index (κ1) is 22.0. The lowest BCUT2D eigenvalue weighted by Gasteiger charge is -2.38. The van der Waals surface area contributed by atoms with Crippen LogP contribution in [0.3, 0.4) is 0 Å². The van der Waals surface area contributed by atoms with Crippen molar-refractivity contribution in [3.05, 3.63) is 58.8 Å². The molecular weight excluding hydrogens is 378 g/mol. The molecule has 1 heterocycles. The second kappa shape index (κ2) is 10.3. The van der Waals surface area contributed by atoms with E-state index in [1.807, 2.05) is 19.9 Å². The van der Waals surface area contributed by atoms with Crippen LogP contribution in [0, 0.1) is 0 Å². The molecule has 0 saturated heterocycles. The van der Waals surface area contributed by atoms with Crippen LogP contribution in [0.1, 0.15) is 32.4 Å². The predicted octanol–water partition coefficient (Wildman–Crippen LogP) is 3.75. The van der Waals surface area contributed by atoms with E-state index in [2.05, 4.69) is 16.8 Å². The van der Waals surface area contributed by atoms with E-state index in [-0.39, 0.29) is 12.6 Å². The van der Waals surface area contributed by atoms with Gasteiger partial charge in [-0.05, 0) is 37.7 Å². The van der Waals surface area contributed by atoms with E-state index in [4.69, 9.17) is 16.3 Å². The number of hydrogen-bond acceptors (Lipinski definition) is 4. The first-order chi connectivity index (χ1) is 13.5. The summed E-state index contributed by atoms with van der Waals surface area (Å²) < 4.78 is 5.35. The van der Waals surface area contributed by atoms with Gasteiger partial charge in [0.05, 0.1) is 18.2 Å². The molecular formula is C21H28ClN3O3. The van der Waals surface area contributed by atoms with Crippen molar-refractivity contribution in [2.24, 2.45) is 0 Å². The number of likely N-dealkylation sites (N-methyl/N-ethyl adjacent to an activating group) is 1. The van der Waals surface area contributed by atoms with Crippen LogP contribution in [0.4, 0.5) is 4.79 Å². The summed E-state index contributed by atoms with van der Waals surface area (Å²) >= 11 is 6.16. The largest absolute Gasteiger partial charge is 0.463 e. The Morgan fingerprint density at radius 3 is 2.64 bits per heavy atom. The van der Waals surface area contributed by atoms with E-state index in [9.17, 15) is 9.59 Å². The minimum absolute atomic E-state index is 0.249. The molecule has 152 valence electrons. The molecule has 28 heavy (non-hydrogen) atoms. The maximum atomic E-state index is 13.0. The van der Waals surface area contributed by atoms with Gasteiger partial charge in [-0.1, -0.05) is 43.7 Å². The van der Waals surface area contributed by atoms with E-state index < -0.39 is 12.0 Å². The molecule has 0 bridgehead atoms. The third kappa shape index (κ3) is 4.94. The van der Waals surface area contributed by atoms with Crippen molar-refractivity contribution < 1.29 is 14.3 Å². The van der Waals surface area contributed by atoms with Gasteiger partial charge in [0.25, 0.3) is 0 Å². The summed E-state index contributed by atoms with van der Waals surface area (Å²) in [5, 5.41) is 3.46. The number of urea groups is 1. The lowest BCUT2D eigenvalue weighted by molar-refractivity contribution is -0.139. The van der Waals surface area contributed by atoms with E-state index in [0.717, 1.165) is 18.7 Å². The fraction of sp³-hybridized carbons (Fsp3) is 0.429. The van der Waals surface area contributed by atoms with E-state index in [1.165, 1.54) is 0 Å². The first-order valence-corrected chi connectivity index (χ1v) is 9.91. The standard InChI is InChI=1S/C21H28ClN3O3/c1-5-12-25-17(14-24(6-2)7-3)18(20(26)28-8-4)19(23-21(25)27)15-10-9-11-16(22)13-15/h5,9-11,13,19H,1,6-8,12,14H2,2-4H3,(H,23,27). The zero-order valence-electron chi connectivity index (χ0n) is 16.7. The number of nitrogens with zero attached hydrogens (tertiary/aromatic N) is 2. The minimum atomic E-state index is -0.628.